The lowest BCUT2D eigenvalue weighted by atomic mass is 10.1. The molecule has 31 heavy (non-hydrogen) atoms. The molecule has 10 heteroatoms. The van der Waals surface area contributed by atoms with Crippen LogP contribution in [0.4, 0.5) is 5.69 Å². The number of hydrogen-bond acceptors (Lipinski definition) is 8. The number of pyridine rings is 1. The number of ether oxygens (including phenoxy) is 3. The van der Waals surface area contributed by atoms with E-state index in [4.69, 9.17) is 14.2 Å². The van der Waals surface area contributed by atoms with Crippen molar-refractivity contribution in [2.24, 2.45) is 0 Å². The van der Waals surface area contributed by atoms with Crippen LogP contribution < -0.4 is 9.47 Å². The molecule has 1 aromatic carbocycles. The third kappa shape index (κ3) is 5.55. The Bertz CT molecular complexity index is 1020. The minimum absolute atomic E-state index is 0.00931. The van der Waals surface area contributed by atoms with E-state index in [-0.39, 0.29) is 23.0 Å². The maximum absolute atomic E-state index is 12.6. The molecule has 0 N–H and O–H groups in total. The first-order valence-electron chi connectivity index (χ1n) is 9.55. The first-order chi connectivity index (χ1) is 15.0. The van der Waals surface area contributed by atoms with Gasteiger partial charge in [-0.2, -0.15) is 5.26 Å². The largest absolute Gasteiger partial charge is 0.490 e. The Hall–Kier alpha value is -3.97. The molecule has 0 radical (unpaired) electrons. The van der Waals surface area contributed by atoms with Gasteiger partial charge in [0.05, 0.1) is 24.7 Å². The van der Waals surface area contributed by atoms with E-state index in [2.05, 4.69) is 4.98 Å². The number of benzene rings is 1. The molecule has 0 bridgehead atoms. The molecule has 2 aromatic rings. The molecule has 3 rings (SSSR count). The third-order valence-electron chi connectivity index (χ3n) is 4.37. The van der Waals surface area contributed by atoms with Crippen molar-refractivity contribution in [3.8, 4) is 23.4 Å². The van der Waals surface area contributed by atoms with Crippen LogP contribution in [-0.2, 0) is 9.53 Å². The number of carbonyl (C=O) groups is 1. The SMILES string of the molecule is CCOc1cc(/C=C(/C#N)C(=O)N2CCOCC2)ccc1Oc1ccc([N+](=O)[O-])cn1. The molecule has 1 fully saturated rings. The molecular formula is C21H20N4O6. The second-order valence-corrected chi connectivity index (χ2v) is 6.43. The molecule has 0 atom stereocenters. The standard InChI is InChI=1S/C21H20N4O6/c1-2-30-19-12-15(11-16(13-22)21(26)24-7-9-29-10-8-24)3-5-18(19)31-20-6-4-17(14-23-20)25(27)28/h3-6,11-12,14H,2,7-10H2,1H3/b16-11-. The van der Waals surface area contributed by atoms with Crippen molar-refractivity contribution >= 4 is 17.7 Å². The number of hydrogen-bond donors (Lipinski definition) is 0. The smallest absolute Gasteiger partial charge is 0.287 e. The van der Waals surface area contributed by atoms with Crippen LogP contribution in [0.3, 0.4) is 0 Å². The highest BCUT2D eigenvalue weighted by Gasteiger charge is 2.21. The summed E-state index contributed by atoms with van der Waals surface area (Å²) < 4.78 is 16.6. The Morgan fingerprint density at radius 2 is 2.10 bits per heavy atom. The van der Waals surface area contributed by atoms with Gasteiger partial charge in [0.1, 0.15) is 17.8 Å². The number of morpholine rings is 1. The summed E-state index contributed by atoms with van der Waals surface area (Å²) in [6.07, 6.45) is 2.59. The van der Waals surface area contributed by atoms with Crippen LogP contribution in [0.25, 0.3) is 6.08 Å². The van der Waals surface area contributed by atoms with Crippen LogP contribution in [0, 0.1) is 21.4 Å². The minimum Gasteiger partial charge on any atom is -0.490 e. The van der Waals surface area contributed by atoms with Crippen molar-refractivity contribution in [1.29, 1.82) is 5.26 Å². The summed E-state index contributed by atoms with van der Waals surface area (Å²) in [5.74, 6) is 0.542. The summed E-state index contributed by atoms with van der Waals surface area (Å²) in [4.78, 5) is 28.3. The first-order valence-corrected chi connectivity index (χ1v) is 9.55. The van der Waals surface area contributed by atoms with Gasteiger partial charge in [-0.1, -0.05) is 6.07 Å². The number of nitrogens with zero attached hydrogens (tertiary/aromatic N) is 4. The number of aromatic nitrogens is 1. The zero-order valence-corrected chi connectivity index (χ0v) is 16.8. The van der Waals surface area contributed by atoms with E-state index >= 15 is 0 Å². The predicted molar refractivity (Wildman–Crippen MR) is 110 cm³/mol. The molecule has 1 saturated heterocycles. The van der Waals surface area contributed by atoms with Gasteiger partial charge in [0.25, 0.3) is 11.6 Å². The second-order valence-electron chi connectivity index (χ2n) is 6.43. The molecule has 2 heterocycles. The predicted octanol–water partition coefficient (Wildman–Crippen LogP) is 2.95. The molecule has 1 aliphatic heterocycles. The Labute approximate surface area is 178 Å². The van der Waals surface area contributed by atoms with Gasteiger partial charge in [0.2, 0.25) is 5.88 Å². The van der Waals surface area contributed by atoms with Crippen molar-refractivity contribution in [1.82, 2.24) is 9.88 Å². The lowest BCUT2D eigenvalue weighted by Crippen LogP contribution is -2.41. The molecule has 0 unspecified atom stereocenters. The van der Waals surface area contributed by atoms with Crippen LogP contribution in [-0.4, -0.2) is 53.6 Å². The fourth-order valence-corrected chi connectivity index (χ4v) is 2.87. The second kappa shape index (κ2) is 10.2. The van der Waals surface area contributed by atoms with Crippen molar-refractivity contribution in [3.05, 3.63) is 57.8 Å². The Kier molecular flexibility index (Phi) is 7.13. The highest BCUT2D eigenvalue weighted by Crippen LogP contribution is 2.33. The molecule has 1 aromatic heterocycles. The number of nitriles is 1. The van der Waals surface area contributed by atoms with Gasteiger partial charge in [-0.25, -0.2) is 4.98 Å². The van der Waals surface area contributed by atoms with Gasteiger partial charge in [-0.3, -0.25) is 14.9 Å². The normalized spacial score (nSPS) is 13.9. The van der Waals surface area contributed by atoms with Gasteiger partial charge in [-0.15, -0.1) is 0 Å². The van der Waals surface area contributed by atoms with Crippen LogP contribution >= 0.6 is 0 Å². The van der Waals surface area contributed by atoms with Gasteiger partial charge < -0.3 is 19.1 Å². The summed E-state index contributed by atoms with van der Waals surface area (Å²) in [5, 5.41) is 20.2. The quantitative estimate of drug-likeness (QED) is 0.287. The van der Waals surface area contributed by atoms with Crippen molar-refractivity contribution in [3.63, 3.8) is 0 Å². The van der Waals surface area contributed by atoms with Crippen LogP contribution in [0.15, 0.2) is 42.1 Å². The Morgan fingerprint density at radius 3 is 2.71 bits per heavy atom. The van der Waals surface area contributed by atoms with Gasteiger partial charge in [-0.05, 0) is 30.7 Å². The summed E-state index contributed by atoms with van der Waals surface area (Å²) in [5.41, 5.74) is 0.451. The van der Waals surface area contributed by atoms with E-state index < -0.39 is 4.92 Å². The van der Waals surface area contributed by atoms with Crippen molar-refractivity contribution < 1.29 is 23.9 Å². The molecule has 1 aliphatic rings. The van der Waals surface area contributed by atoms with Crippen LogP contribution in [0.1, 0.15) is 12.5 Å². The van der Waals surface area contributed by atoms with Gasteiger partial charge in [0.15, 0.2) is 11.5 Å². The van der Waals surface area contributed by atoms with E-state index in [1.54, 1.807) is 30.0 Å². The number of rotatable bonds is 7. The maximum atomic E-state index is 12.6. The summed E-state index contributed by atoms with van der Waals surface area (Å²) in [7, 11) is 0. The number of amides is 1. The van der Waals surface area contributed by atoms with Crippen molar-refractivity contribution in [2.45, 2.75) is 6.92 Å². The van der Waals surface area contributed by atoms with Crippen molar-refractivity contribution in [2.75, 3.05) is 32.9 Å². The topological polar surface area (TPSA) is 128 Å². The van der Waals surface area contributed by atoms with Gasteiger partial charge >= 0.3 is 0 Å². The minimum atomic E-state index is -0.547. The van der Waals surface area contributed by atoms with E-state index in [1.807, 2.05) is 6.07 Å². The Balaban J connectivity index is 1.83. The lowest BCUT2D eigenvalue weighted by molar-refractivity contribution is -0.385. The highest BCUT2D eigenvalue weighted by atomic mass is 16.6. The maximum Gasteiger partial charge on any atom is 0.287 e. The van der Waals surface area contributed by atoms with Gasteiger partial charge in [0, 0.05) is 25.2 Å². The highest BCUT2D eigenvalue weighted by molar-refractivity contribution is 6.01. The molecule has 10 nitrogen and oxygen atoms in total. The van der Waals surface area contributed by atoms with E-state index in [9.17, 15) is 20.2 Å². The number of carbonyl (C=O) groups excluding carboxylic acids is 1. The zero-order valence-electron chi connectivity index (χ0n) is 16.8. The lowest BCUT2D eigenvalue weighted by Gasteiger charge is -2.26. The Morgan fingerprint density at radius 1 is 1.32 bits per heavy atom. The molecule has 160 valence electrons. The average Bonchev–Trinajstić information content (AvgIpc) is 2.79. The molecular weight excluding hydrogens is 404 g/mol. The van der Waals surface area contributed by atoms with E-state index in [0.717, 1.165) is 6.20 Å². The summed E-state index contributed by atoms with van der Waals surface area (Å²) in [6, 6.07) is 9.57. The van der Waals surface area contributed by atoms with Crippen LogP contribution in [0.5, 0.6) is 17.4 Å². The fraction of sp³-hybridized carbons (Fsp3) is 0.286. The zero-order chi connectivity index (χ0) is 22.2. The molecule has 0 saturated carbocycles. The summed E-state index contributed by atoms with van der Waals surface area (Å²) in [6.45, 7) is 3.94. The molecule has 1 amide bonds. The van der Waals surface area contributed by atoms with Crippen LogP contribution in [0.2, 0.25) is 0 Å². The van der Waals surface area contributed by atoms with E-state index in [0.29, 0.717) is 50.0 Å². The fourth-order valence-electron chi connectivity index (χ4n) is 2.87. The number of nitro groups is 1. The first kappa shape index (κ1) is 21.7. The molecule has 0 spiro atoms. The summed E-state index contributed by atoms with van der Waals surface area (Å²) >= 11 is 0. The van der Waals surface area contributed by atoms with E-state index in [1.165, 1.54) is 18.2 Å². The monoisotopic (exact) mass is 424 g/mol. The average molecular weight is 424 g/mol. The third-order valence-corrected chi connectivity index (χ3v) is 4.37. The molecule has 0 aliphatic carbocycles.